The Morgan fingerprint density at radius 2 is 2.28 bits per heavy atom. The van der Waals surface area contributed by atoms with Gasteiger partial charge in [0.15, 0.2) is 0 Å². The Hall–Kier alpha value is -0.910. The van der Waals surface area contributed by atoms with E-state index >= 15 is 0 Å². The van der Waals surface area contributed by atoms with E-state index in [0.29, 0.717) is 11.7 Å². The van der Waals surface area contributed by atoms with Gasteiger partial charge in [-0.15, -0.1) is 0 Å². The maximum atomic E-state index is 11.0. The summed E-state index contributed by atoms with van der Waals surface area (Å²) < 4.78 is 9.01. The van der Waals surface area contributed by atoms with Crippen LogP contribution in [0.1, 0.15) is 32.6 Å². The van der Waals surface area contributed by atoms with Crippen molar-refractivity contribution in [1.82, 2.24) is 5.32 Å². The first-order valence-electron chi connectivity index (χ1n) is 6.28. The van der Waals surface area contributed by atoms with Crippen molar-refractivity contribution in [1.29, 1.82) is 0 Å². The number of carbonyl (C=O) groups is 2. The lowest BCUT2D eigenvalue weighted by molar-refractivity contribution is -0.126. The van der Waals surface area contributed by atoms with E-state index in [-0.39, 0.29) is 18.2 Å². The average Bonchev–Trinajstić information content (AvgIpc) is 2.90. The van der Waals surface area contributed by atoms with Gasteiger partial charge in [0.05, 0.1) is 13.2 Å². The lowest BCUT2D eigenvalue weighted by atomic mass is 10.0. The molecule has 0 aliphatic carbocycles. The van der Waals surface area contributed by atoms with Crippen LogP contribution in [0.2, 0.25) is 0 Å². The molecular weight excluding hydrogens is 254 g/mol. The Labute approximate surface area is 112 Å². The molecule has 0 radical (unpaired) electrons. The van der Waals surface area contributed by atoms with E-state index in [9.17, 15) is 4.79 Å². The molecule has 18 heavy (non-hydrogen) atoms. The Balaban J connectivity index is 0.000000357. The van der Waals surface area contributed by atoms with Crippen molar-refractivity contribution in [2.24, 2.45) is 0 Å². The molecule has 0 spiro atoms. The number of thioether (sulfide) groups is 1. The summed E-state index contributed by atoms with van der Waals surface area (Å²) in [5.74, 6) is 0.972. The molecule has 3 unspecified atom stereocenters. The highest BCUT2D eigenvalue weighted by Crippen LogP contribution is 2.35. The average molecular weight is 275 g/mol. The van der Waals surface area contributed by atoms with Crippen molar-refractivity contribution in [3.05, 3.63) is 0 Å². The van der Waals surface area contributed by atoms with Crippen LogP contribution in [0.25, 0.3) is 0 Å². The number of methoxy groups -OCH3 is 1. The van der Waals surface area contributed by atoms with Crippen LogP contribution in [0.15, 0.2) is 0 Å². The molecule has 3 atom stereocenters. The molecule has 0 aromatic heterocycles. The zero-order valence-electron chi connectivity index (χ0n) is 10.9. The first-order valence-corrected chi connectivity index (χ1v) is 7.33. The Morgan fingerprint density at radius 3 is 2.89 bits per heavy atom. The molecule has 2 heterocycles. The van der Waals surface area contributed by atoms with E-state index in [2.05, 4.69) is 17.0 Å². The maximum Gasteiger partial charge on any atom is 0.407 e. The highest BCUT2D eigenvalue weighted by molar-refractivity contribution is 8.00. The van der Waals surface area contributed by atoms with Crippen molar-refractivity contribution >= 4 is 24.3 Å². The van der Waals surface area contributed by atoms with E-state index in [1.165, 1.54) is 32.8 Å². The van der Waals surface area contributed by atoms with E-state index in [4.69, 9.17) is 9.53 Å². The van der Waals surface area contributed by atoms with Crippen LogP contribution in [-0.4, -0.2) is 42.8 Å². The van der Waals surface area contributed by atoms with Crippen LogP contribution in [0.4, 0.5) is 4.79 Å². The van der Waals surface area contributed by atoms with Crippen molar-refractivity contribution < 1.29 is 19.1 Å². The number of ether oxygens (including phenoxy) is 2. The lowest BCUT2D eigenvalue weighted by Crippen LogP contribution is -2.36. The molecule has 2 fully saturated rings. The largest absolute Gasteiger partial charge is 0.471 e. The summed E-state index contributed by atoms with van der Waals surface area (Å²) in [6.45, 7) is 2.59. The predicted molar refractivity (Wildman–Crippen MR) is 70.7 cm³/mol. The van der Waals surface area contributed by atoms with Gasteiger partial charge in [-0.1, -0.05) is 26.2 Å². The third kappa shape index (κ3) is 4.40. The van der Waals surface area contributed by atoms with E-state index in [1.807, 2.05) is 11.8 Å². The number of amides is 1. The number of fused-ring (bicyclic) bond motifs is 1. The first-order chi connectivity index (χ1) is 8.72. The van der Waals surface area contributed by atoms with Crippen LogP contribution in [0, 0.1) is 0 Å². The molecule has 0 saturated carbocycles. The number of alkyl carbamates (subject to hydrolysis) is 1. The zero-order valence-corrected chi connectivity index (χ0v) is 11.7. The van der Waals surface area contributed by atoms with Crippen molar-refractivity contribution in [2.45, 2.75) is 50.0 Å². The fourth-order valence-corrected chi connectivity index (χ4v) is 3.62. The summed E-state index contributed by atoms with van der Waals surface area (Å²) in [5.41, 5.74) is 0. The van der Waals surface area contributed by atoms with Crippen LogP contribution in [0.3, 0.4) is 0 Å². The molecule has 2 saturated heterocycles. The molecule has 104 valence electrons. The summed E-state index contributed by atoms with van der Waals surface area (Å²) in [6, 6.07) is 0.282. The van der Waals surface area contributed by atoms with E-state index < -0.39 is 0 Å². The predicted octanol–water partition coefficient (Wildman–Crippen LogP) is 1.95. The van der Waals surface area contributed by atoms with Gasteiger partial charge in [-0.25, -0.2) is 4.79 Å². The normalized spacial score (nSPS) is 28.6. The van der Waals surface area contributed by atoms with Crippen LogP contribution < -0.4 is 5.32 Å². The lowest BCUT2D eigenvalue weighted by Gasteiger charge is -2.14. The van der Waals surface area contributed by atoms with Crippen LogP contribution >= 0.6 is 11.8 Å². The number of carbonyl (C=O) groups excluding carboxylic acids is 2. The van der Waals surface area contributed by atoms with Crippen molar-refractivity contribution in [3.8, 4) is 0 Å². The fourth-order valence-electron chi connectivity index (χ4n) is 2.12. The highest BCUT2D eigenvalue weighted by Gasteiger charge is 2.44. The second-order valence-corrected chi connectivity index (χ2v) is 5.59. The summed E-state index contributed by atoms with van der Waals surface area (Å²) in [7, 11) is 1.31. The Kier molecular flexibility index (Phi) is 6.93. The highest BCUT2D eigenvalue weighted by atomic mass is 32.2. The monoisotopic (exact) mass is 275 g/mol. The molecule has 5 nitrogen and oxygen atoms in total. The van der Waals surface area contributed by atoms with Crippen molar-refractivity contribution in [2.75, 3.05) is 12.9 Å². The fraction of sp³-hybridized carbons (Fsp3) is 0.833. The standard InChI is InChI=1S/C10H17NO2S.C2H4O2/c1-2-3-4-5-8-9-7(6-14-8)13-10(12)11-9;1-4-2-3/h7-9H,2-6H2,1H3,(H,11,12);2H,1H3. The summed E-state index contributed by atoms with van der Waals surface area (Å²) in [5, 5.41) is 3.49. The second-order valence-electron chi connectivity index (χ2n) is 4.31. The summed E-state index contributed by atoms with van der Waals surface area (Å²) in [4.78, 5) is 19.9. The Morgan fingerprint density at radius 1 is 1.56 bits per heavy atom. The van der Waals surface area contributed by atoms with E-state index in [0.717, 1.165) is 5.75 Å². The van der Waals surface area contributed by atoms with Gasteiger partial charge in [-0.2, -0.15) is 11.8 Å². The molecular formula is C12H21NO4S. The van der Waals surface area contributed by atoms with Gasteiger partial charge in [0, 0.05) is 11.0 Å². The van der Waals surface area contributed by atoms with E-state index in [1.54, 1.807) is 0 Å². The minimum Gasteiger partial charge on any atom is -0.471 e. The molecule has 2 rings (SSSR count). The quantitative estimate of drug-likeness (QED) is 0.613. The maximum absolute atomic E-state index is 11.0. The third-order valence-electron chi connectivity index (χ3n) is 3.01. The number of nitrogens with one attached hydrogen (secondary N) is 1. The molecule has 1 N–H and O–H groups in total. The first kappa shape index (κ1) is 15.1. The smallest absolute Gasteiger partial charge is 0.407 e. The molecule has 6 heteroatoms. The van der Waals surface area contributed by atoms with Gasteiger partial charge in [0.25, 0.3) is 6.47 Å². The van der Waals surface area contributed by atoms with Gasteiger partial charge in [0.1, 0.15) is 6.10 Å². The second kappa shape index (κ2) is 8.24. The van der Waals surface area contributed by atoms with Gasteiger partial charge in [-0.05, 0) is 6.42 Å². The summed E-state index contributed by atoms with van der Waals surface area (Å²) >= 11 is 1.95. The third-order valence-corrected chi connectivity index (χ3v) is 4.49. The minimum atomic E-state index is -0.221. The van der Waals surface area contributed by atoms with Crippen LogP contribution in [-0.2, 0) is 14.3 Å². The van der Waals surface area contributed by atoms with Gasteiger partial charge < -0.3 is 14.8 Å². The molecule has 0 aromatic rings. The number of hydrogen-bond acceptors (Lipinski definition) is 5. The molecule has 2 aliphatic rings. The van der Waals surface area contributed by atoms with Gasteiger partial charge >= 0.3 is 6.09 Å². The molecule has 0 bridgehead atoms. The molecule has 2 aliphatic heterocycles. The van der Waals surface area contributed by atoms with Gasteiger partial charge in [-0.3, -0.25) is 4.79 Å². The number of unbranched alkanes of at least 4 members (excludes halogenated alkanes) is 2. The minimum absolute atomic E-state index is 0.138. The number of rotatable bonds is 5. The van der Waals surface area contributed by atoms with Crippen LogP contribution in [0.5, 0.6) is 0 Å². The number of hydrogen-bond donors (Lipinski definition) is 1. The van der Waals surface area contributed by atoms with Gasteiger partial charge in [0.2, 0.25) is 0 Å². The van der Waals surface area contributed by atoms with Crippen molar-refractivity contribution in [3.63, 3.8) is 0 Å². The summed E-state index contributed by atoms with van der Waals surface area (Å²) in [6.07, 6.45) is 4.95. The molecule has 0 aromatic carbocycles. The molecule has 1 amide bonds. The topological polar surface area (TPSA) is 64.6 Å². The SMILES string of the molecule is CCCCCC1SCC2OC(=O)NC21.COC=O. The Bertz CT molecular complexity index is 275. The zero-order chi connectivity index (χ0) is 13.4.